The molecule has 1 amide bonds. The number of aromatic nitrogens is 1. The van der Waals surface area contributed by atoms with E-state index in [4.69, 9.17) is 0 Å². The van der Waals surface area contributed by atoms with Crippen molar-refractivity contribution < 1.29 is 4.79 Å². The lowest BCUT2D eigenvalue weighted by molar-refractivity contribution is -0.129. The first-order valence-electron chi connectivity index (χ1n) is 7.35. The van der Waals surface area contributed by atoms with Gasteiger partial charge in [0.1, 0.15) is 0 Å². The van der Waals surface area contributed by atoms with E-state index in [9.17, 15) is 4.79 Å². The number of hydrogen-bond acceptors (Lipinski definition) is 2. The molecule has 4 heteroatoms. The molecule has 0 bridgehead atoms. The zero-order chi connectivity index (χ0) is 13.5. The van der Waals surface area contributed by atoms with Crippen molar-refractivity contribution in [3.63, 3.8) is 0 Å². The molecule has 2 saturated heterocycles. The summed E-state index contributed by atoms with van der Waals surface area (Å²) in [5.41, 5.74) is 2.22. The standard InChI is InChI=1S/C16H19N3O/c20-16(19-9-12-6-17-7-13(12)10-19)5-11-8-18-15-4-2-1-3-14(11)15/h1-4,8,12-13,17-18H,5-7,9-10H2. The Bertz CT molecular complexity index is 636. The lowest BCUT2D eigenvalue weighted by atomic mass is 10.0. The molecule has 0 saturated carbocycles. The highest BCUT2D eigenvalue weighted by molar-refractivity contribution is 5.89. The van der Waals surface area contributed by atoms with Crippen LogP contribution in [-0.4, -0.2) is 42.0 Å². The second-order valence-electron chi connectivity index (χ2n) is 6.01. The number of aromatic amines is 1. The van der Waals surface area contributed by atoms with Gasteiger partial charge in [-0.25, -0.2) is 0 Å². The van der Waals surface area contributed by atoms with Gasteiger partial charge >= 0.3 is 0 Å². The van der Waals surface area contributed by atoms with Crippen molar-refractivity contribution in [2.45, 2.75) is 6.42 Å². The first-order valence-corrected chi connectivity index (χ1v) is 7.35. The molecule has 2 atom stereocenters. The van der Waals surface area contributed by atoms with Crippen LogP contribution in [0.1, 0.15) is 5.56 Å². The van der Waals surface area contributed by atoms with Gasteiger partial charge < -0.3 is 15.2 Å². The highest BCUT2D eigenvalue weighted by Gasteiger charge is 2.37. The van der Waals surface area contributed by atoms with E-state index in [0.29, 0.717) is 18.3 Å². The molecule has 1 aromatic carbocycles. The van der Waals surface area contributed by atoms with Crippen molar-refractivity contribution >= 4 is 16.8 Å². The number of nitrogens with one attached hydrogen (secondary N) is 2. The van der Waals surface area contributed by atoms with E-state index in [-0.39, 0.29) is 5.91 Å². The van der Waals surface area contributed by atoms with Crippen LogP contribution in [0.3, 0.4) is 0 Å². The van der Waals surface area contributed by atoms with Crippen molar-refractivity contribution in [2.24, 2.45) is 11.8 Å². The van der Waals surface area contributed by atoms with Crippen LogP contribution in [0.4, 0.5) is 0 Å². The third-order valence-corrected chi connectivity index (χ3v) is 4.76. The molecule has 2 aliphatic heterocycles. The van der Waals surface area contributed by atoms with Crippen LogP contribution in [0.5, 0.6) is 0 Å². The monoisotopic (exact) mass is 269 g/mol. The maximum atomic E-state index is 12.5. The molecule has 4 nitrogen and oxygen atoms in total. The van der Waals surface area contributed by atoms with E-state index >= 15 is 0 Å². The fourth-order valence-corrected chi connectivity index (χ4v) is 3.61. The van der Waals surface area contributed by atoms with Gasteiger partial charge in [-0.15, -0.1) is 0 Å². The average Bonchev–Trinajstić information content (AvgIpc) is 3.12. The Labute approximate surface area is 118 Å². The van der Waals surface area contributed by atoms with Crippen LogP contribution < -0.4 is 5.32 Å². The Kier molecular flexibility index (Phi) is 2.77. The molecule has 2 aromatic rings. The lowest BCUT2D eigenvalue weighted by Gasteiger charge is -2.17. The summed E-state index contributed by atoms with van der Waals surface area (Å²) in [5.74, 6) is 1.60. The van der Waals surface area contributed by atoms with Crippen LogP contribution in [0, 0.1) is 11.8 Å². The molecular weight excluding hydrogens is 250 g/mol. The summed E-state index contributed by atoms with van der Waals surface area (Å²) in [5, 5.41) is 4.58. The van der Waals surface area contributed by atoms with Gasteiger partial charge in [-0.3, -0.25) is 4.79 Å². The van der Waals surface area contributed by atoms with E-state index in [1.807, 2.05) is 18.3 Å². The van der Waals surface area contributed by atoms with Gasteiger partial charge in [0.15, 0.2) is 0 Å². The number of amides is 1. The van der Waals surface area contributed by atoms with Crippen LogP contribution >= 0.6 is 0 Å². The second-order valence-corrected chi connectivity index (χ2v) is 6.01. The Morgan fingerprint density at radius 2 is 1.95 bits per heavy atom. The summed E-state index contributed by atoms with van der Waals surface area (Å²) in [4.78, 5) is 17.8. The summed E-state index contributed by atoms with van der Waals surface area (Å²) in [7, 11) is 0. The Morgan fingerprint density at radius 3 is 2.75 bits per heavy atom. The number of likely N-dealkylation sites (tertiary alicyclic amines) is 1. The number of rotatable bonds is 2. The molecule has 0 radical (unpaired) electrons. The van der Waals surface area contributed by atoms with Crippen molar-refractivity contribution in [2.75, 3.05) is 26.2 Å². The Morgan fingerprint density at radius 1 is 1.20 bits per heavy atom. The molecule has 2 fully saturated rings. The van der Waals surface area contributed by atoms with Crippen molar-refractivity contribution in [1.29, 1.82) is 0 Å². The number of nitrogens with zero attached hydrogens (tertiary/aromatic N) is 1. The SMILES string of the molecule is O=C(Cc1c[nH]c2ccccc12)N1CC2CNCC2C1. The number of carbonyl (C=O) groups is 1. The highest BCUT2D eigenvalue weighted by atomic mass is 16.2. The minimum Gasteiger partial charge on any atom is -0.361 e. The van der Waals surface area contributed by atoms with Crippen LogP contribution in [0.15, 0.2) is 30.5 Å². The zero-order valence-electron chi connectivity index (χ0n) is 11.4. The average molecular weight is 269 g/mol. The molecule has 0 spiro atoms. The molecule has 2 aliphatic rings. The maximum Gasteiger partial charge on any atom is 0.227 e. The lowest BCUT2D eigenvalue weighted by Crippen LogP contribution is -2.32. The number of fused-ring (bicyclic) bond motifs is 2. The number of carbonyl (C=O) groups excluding carboxylic acids is 1. The Balaban J connectivity index is 1.50. The smallest absolute Gasteiger partial charge is 0.227 e. The van der Waals surface area contributed by atoms with Gasteiger partial charge in [-0.2, -0.15) is 0 Å². The fourth-order valence-electron chi connectivity index (χ4n) is 3.61. The van der Waals surface area contributed by atoms with Crippen molar-refractivity contribution in [1.82, 2.24) is 15.2 Å². The van der Waals surface area contributed by atoms with E-state index in [1.54, 1.807) is 0 Å². The fraction of sp³-hybridized carbons (Fsp3) is 0.438. The number of H-pyrrole nitrogens is 1. The quantitative estimate of drug-likeness (QED) is 0.865. The molecular formula is C16H19N3O. The van der Waals surface area contributed by atoms with Crippen molar-refractivity contribution in [3.05, 3.63) is 36.0 Å². The van der Waals surface area contributed by atoms with Crippen LogP contribution in [0.25, 0.3) is 10.9 Å². The molecule has 3 heterocycles. The van der Waals surface area contributed by atoms with Gasteiger partial charge in [0, 0.05) is 43.3 Å². The number of para-hydroxylation sites is 1. The van der Waals surface area contributed by atoms with E-state index in [1.165, 1.54) is 5.39 Å². The molecule has 20 heavy (non-hydrogen) atoms. The third kappa shape index (κ3) is 1.91. The van der Waals surface area contributed by atoms with Gasteiger partial charge in [-0.05, 0) is 23.5 Å². The van der Waals surface area contributed by atoms with E-state index in [0.717, 1.165) is 37.3 Å². The molecule has 104 valence electrons. The molecule has 2 unspecified atom stereocenters. The topological polar surface area (TPSA) is 48.1 Å². The molecule has 1 aromatic heterocycles. The second kappa shape index (κ2) is 4.63. The number of benzene rings is 1. The minimum atomic E-state index is 0.268. The Hall–Kier alpha value is -1.81. The molecule has 4 rings (SSSR count). The van der Waals surface area contributed by atoms with Gasteiger partial charge in [-0.1, -0.05) is 18.2 Å². The first-order chi connectivity index (χ1) is 9.81. The van der Waals surface area contributed by atoms with Gasteiger partial charge in [0.05, 0.1) is 6.42 Å². The predicted molar refractivity (Wildman–Crippen MR) is 78.4 cm³/mol. The minimum absolute atomic E-state index is 0.268. The summed E-state index contributed by atoms with van der Waals surface area (Å²) in [6, 6.07) is 8.17. The van der Waals surface area contributed by atoms with E-state index < -0.39 is 0 Å². The zero-order valence-corrected chi connectivity index (χ0v) is 11.4. The third-order valence-electron chi connectivity index (χ3n) is 4.76. The van der Waals surface area contributed by atoms with Crippen LogP contribution in [0.2, 0.25) is 0 Å². The maximum absolute atomic E-state index is 12.5. The predicted octanol–water partition coefficient (Wildman–Crippen LogP) is 1.39. The highest BCUT2D eigenvalue weighted by Crippen LogP contribution is 2.27. The van der Waals surface area contributed by atoms with Gasteiger partial charge in [0.2, 0.25) is 5.91 Å². The number of hydrogen-bond donors (Lipinski definition) is 2. The van der Waals surface area contributed by atoms with Gasteiger partial charge in [0.25, 0.3) is 0 Å². The summed E-state index contributed by atoms with van der Waals surface area (Å²) in [6.07, 6.45) is 2.48. The van der Waals surface area contributed by atoms with Crippen LogP contribution in [-0.2, 0) is 11.2 Å². The van der Waals surface area contributed by atoms with E-state index in [2.05, 4.69) is 27.3 Å². The molecule has 2 N–H and O–H groups in total. The molecule has 0 aliphatic carbocycles. The first kappa shape index (κ1) is 12.0. The largest absolute Gasteiger partial charge is 0.361 e. The normalized spacial score (nSPS) is 25.3. The summed E-state index contributed by atoms with van der Waals surface area (Å²) >= 11 is 0. The summed E-state index contributed by atoms with van der Waals surface area (Å²) < 4.78 is 0. The van der Waals surface area contributed by atoms with Crippen molar-refractivity contribution in [3.8, 4) is 0 Å². The summed E-state index contributed by atoms with van der Waals surface area (Å²) in [6.45, 7) is 4.00.